The first-order valence-corrected chi connectivity index (χ1v) is 6.26. The number of nitrogens with one attached hydrogen (secondary N) is 3. The number of hydrogen-bond donors (Lipinski definition) is 3. The van der Waals surface area contributed by atoms with Gasteiger partial charge in [0.2, 0.25) is 5.91 Å². The molecule has 0 aromatic heterocycles. The van der Waals surface area contributed by atoms with Crippen molar-refractivity contribution in [3.05, 3.63) is 0 Å². The largest absolute Gasteiger partial charge is 0.468 e. The molecule has 0 spiro atoms. The summed E-state index contributed by atoms with van der Waals surface area (Å²) in [5.74, 6) is -0.972. The van der Waals surface area contributed by atoms with Gasteiger partial charge in [-0.05, 0) is 19.8 Å². The van der Waals surface area contributed by atoms with Crippen molar-refractivity contribution in [1.82, 2.24) is 16.0 Å². The highest BCUT2D eigenvalue weighted by Crippen LogP contribution is 2.04. The first-order valence-electron chi connectivity index (χ1n) is 6.26. The SMILES string of the molecule is CCNC(=O)NC(=O)C(C)NC(C(=O)OC)C(C)C. The minimum Gasteiger partial charge on any atom is -0.468 e. The average Bonchev–Trinajstić information content (AvgIpc) is 2.34. The summed E-state index contributed by atoms with van der Waals surface area (Å²) in [4.78, 5) is 34.5. The molecule has 0 aliphatic carbocycles. The summed E-state index contributed by atoms with van der Waals surface area (Å²) in [7, 11) is 1.29. The number of hydrogen-bond acceptors (Lipinski definition) is 5. The summed E-state index contributed by atoms with van der Waals surface area (Å²) in [6, 6.07) is -1.84. The van der Waals surface area contributed by atoms with Crippen molar-refractivity contribution in [2.24, 2.45) is 5.92 Å². The maximum Gasteiger partial charge on any atom is 0.323 e. The quantitative estimate of drug-likeness (QED) is 0.592. The molecule has 0 radical (unpaired) electrons. The fourth-order valence-corrected chi connectivity index (χ4v) is 1.43. The molecule has 19 heavy (non-hydrogen) atoms. The van der Waals surface area contributed by atoms with E-state index < -0.39 is 30.0 Å². The van der Waals surface area contributed by atoms with Crippen molar-refractivity contribution in [1.29, 1.82) is 0 Å². The Morgan fingerprint density at radius 3 is 2.16 bits per heavy atom. The number of methoxy groups -OCH3 is 1. The van der Waals surface area contributed by atoms with Crippen LogP contribution in [0.5, 0.6) is 0 Å². The van der Waals surface area contributed by atoms with Gasteiger partial charge in [-0.3, -0.25) is 20.2 Å². The van der Waals surface area contributed by atoms with Crippen LogP contribution in [0.4, 0.5) is 4.79 Å². The van der Waals surface area contributed by atoms with E-state index in [0.29, 0.717) is 6.54 Å². The Hall–Kier alpha value is -1.63. The standard InChI is InChI=1S/C12H23N3O4/c1-6-13-12(18)15-10(16)8(4)14-9(7(2)3)11(17)19-5/h7-9,14H,6H2,1-5H3,(H2,13,15,16,18). The maximum atomic E-state index is 11.7. The van der Waals surface area contributed by atoms with Crippen molar-refractivity contribution in [2.75, 3.05) is 13.7 Å². The van der Waals surface area contributed by atoms with Crippen molar-refractivity contribution in [3.63, 3.8) is 0 Å². The number of imide groups is 1. The molecular weight excluding hydrogens is 250 g/mol. The smallest absolute Gasteiger partial charge is 0.323 e. The molecule has 0 aliphatic rings. The van der Waals surface area contributed by atoms with E-state index in [4.69, 9.17) is 0 Å². The topological polar surface area (TPSA) is 96.5 Å². The molecule has 0 rings (SSSR count). The van der Waals surface area contributed by atoms with Crippen LogP contribution < -0.4 is 16.0 Å². The lowest BCUT2D eigenvalue weighted by Gasteiger charge is -2.23. The van der Waals surface area contributed by atoms with E-state index in [-0.39, 0.29) is 5.92 Å². The van der Waals surface area contributed by atoms with Crippen molar-refractivity contribution in [2.45, 2.75) is 39.8 Å². The van der Waals surface area contributed by atoms with Gasteiger partial charge in [-0.25, -0.2) is 4.79 Å². The Morgan fingerprint density at radius 2 is 1.74 bits per heavy atom. The zero-order valence-electron chi connectivity index (χ0n) is 12.1. The van der Waals surface area contributed by atoms with Crippen LogP contribution >= 0.6 is 0 Å². The highest BCUT2D eigenvalue weighted by Gasteiger charge is 2.27. The molecule has 0 aromatic rings. The number of urea groups is 1. The van der Waals surface area contributed by atoms with Crippen LogP contribution in [0, 0.1) is 5.92 Å². The predicted octanol–water partition coefficient (Wildman–Crippen LogP) is 0.00780. The first-order chi connectivity index (χ1) is 8.83. The molecule has 0 saturated heterocycles. The summed E-state index contributed by atoms with van der Waals surface area (Å²) < 4.78 is 4.66. The van der Waals surface area contributed by atoms with Crippen LogP contribution in [0.2, 0.25) is 0 Å². The van der Waals surface area contributed by atoms with Gasteiger partial charge in [-0.1, -0.05) is 13.8 Å². The number of carbonyl (C=O) groups is 3. The van der Waals surface area contributed by atoms with Gasteiger partial charge in [-0.15, -0.1) is 0 Å². The maximum absolute atomic E-state index is 11.7. The monoisotopic (exact) mass is 273 g/mol. The molecule has 2 unspecified atom stereocenters. The summed E-state index contributed by atoms with van der Waals surface area (Å²) in [5, 5.41) is 7.48. The van der Waals surface area contributed by atoms with Crippen LogP contribution in [-0.4, -0.2) is 43.6 Å². The first kappa shape index (κ1) is 17.4. The zero-order chi connectivity index (χ0) is 15.0. The van der Waals surface area contributed by atoms with Gasteiger partial charge in [0.15, 0.2) is 0 Å². The second-order valence-corrected chi connectivity index (χ2v) is 4.48. The van der Waals surface area contributed by atoms with E-state index >= 15 is 0 Å². The molecule has 0 saturated carbocycles. The molecule has 0 aliphatic heterocycles. The molecule has 0 aromatic carbocycles. The van der Waals surface area contributed by atoms with Gasteiger partial charge < -0.3 is 10.1 Å². The van der Waals surface area contributed by atoms with Crippen LogP contribution in [0.15, 0.2) is 0 Å². The molecule has 3 amide bonds. The van der Waals surface area contributed by atoms with E-state index in [0.717, 1.165) is 0 Å². The molecule has 7 heteroatoms. The summed E-state index contributed by atoms with van der Waals surface area (Å²) >= 11 is 0. The van der Waals surface area contributed by atoms with Crippen molar-refractivity contribution < 1.29 is 19.1 Å². The Kier molecular flexibility index (Phi) is 7.74. The third-order valence-corrected chi connectivity index (χ3v) is 2.52. The lowest BCUT2D eigenvalue weighted by molar-refractivity contribution is -0.144. The van der Waals surface area contributed by atoms with E-state index in [9.17, 15) is 14.4 Å². The molecule has 110 valence electrons. The predicted molar refractivity (Wildman–Crippen MR) is 70.5 cm³/mol. The second kappa shape index (κ2) is 8.47. The summed E-state index contributed by atoms with van der Waals surface area (Å²) in [6.45, 7) is 7.42. The molecular formula is C12H23N3O4. The van der Waals surface area contributed by atoms with Crippen LogP contribution in [0.3, 0.4) is 0 Å². The van der Waals surface area contributed by atoms with E-state index in [1.165, 1.54) is 7.11 Å². The van der Waals surface area contributed by atoms with Crippen LogP contribution in [-0.2, 0) is 14.3 Å². The highest BCUT2D eigenvalue weighted by atomic mass is 16.5. The Balaban J connectivity index is 4.47. The third-order valence-electron chi connectivity index (χ3n) is 2.52. The molecule has 3 N–H and O–H groups in total. The molecule has 0 fully saturated rings. The molecule has 0 heterocycles. The molecule has 2 atom stereocenters. The Labute approximate surface area is 113 Å². The van der Waals surface area contributed by atoms with Gasteiger partial charge in [0.25, 0.3) is 0 Å². The fourth-order valence-electron chi connectivity index (χ4n) is 1.43. The molecule has 0 bridgehead atoms. The third kappa shape index (κ3) is 6.19. The highest BCUT2D eigenvalue weighted by molar-refractivity contribution is 5.97. The van der Waals surface area contributed by atoms with E-state index in [2.05, 4.69) is 20.7 Å². The number of esters is 1. The summed E-state index contributed by atoms with van der Waals surface area (Å²) in [6.07, 6.45) is 0. The lowest BCUT2D eigenvalue weighted by atomic mass is 10.0. The number of carbonyl (C=O) groups excluding carboxylic acids is 3. The van der Waals surface area contributed by atoms with Crippen molar-refractivity contribution in [3.8, 4) is 0 Å². The van der Waals surface area contributed by atoms with Crippen LogP contribution in [0.25, 0.3) is 0 Å². The van der Waals surface area contributed by atoms with Gasteiger partial charge in [0.05, 0.1) is 13.2 Å². The lowest BCUT2D eigenvalue weighted by Crippen LogP contribution is -2.53. The number of rotatable bonds is 6. The fraction of sp³-hybridized carbons (Fsp3) is 0.750. The van der Waals surface area contributed by atoms with Crippen molar-refractivity contribution >= 4 is 17.9 Å². The average molecular weight is 273 g/mol. The Morgan fingerprint density at radius 1 is 1.16 bits per heavy atom. The van der Waals surface area contributed by atoms with Gasteiger partial charge in [0.1, 0.15) is 6.04 Å². The minimum absolute atomic E-state index is 0.0350. The zero-order valence-corrected chi connectivity index (χ0v) is 12.1. The minimum atomic E-state index is -0.686. The Bertz CT molecular complexity index is 331. The molecule has 7 nitrogen and oxygen atoms in total. The number of ether oxygens (including phenoxy) is 1. The van der Waals surface area contributed by atoms with Gasteiger partial charge >= 0.3 is 12.0 Å². The normalized spacial score (nSPS) is 13.6. The number of amides is 3. The van der Waals surface area contributed by atoms with E-state index in [1.807, 2.05) is 13.8 Å². The van der Waals surface area contributed by atoms with Gasteiger partial charge in [-0.2, -0.15) is 0 Å². The van der Waals surface area contributed by atoms with Crippen LogP contribution in [0.1, 0.15) is 27.7 Å². The van der Waals surface area contributed by atoms with E-state index in [1.54, 1.807) is 13.8 Å². The second-order valence-electron chi connectivity index (χ2n) is 4.48. The summed E-state index contributed by atoms with van der Waals surface area (Å²) in [5.41, 5.74) is 0. The van der Waals surface area contributed by atoms with Gasteiger partial charge in [0, 0.05) is 6.54 Å².